The molecule has 0 saturated heterocycles. The summed E-state index contributed by atoms with van der Waals surface area (Å²) in [6.45, 7) is 0. The Balaban J connectivity index is 3.17. The predicted molar refractivity (Wildman–Crippen MR) is 57.7 cm³/mol. The van der Waals surface area contributed by atoms with Crippen LogP contribution in [0.25, 0.3) is 10.9 Å². The predicted octanol–water partition coefficient (Wildman–Crippen LogP) is 1.59. The van der Waals surface area contributed by atoms with Gasteiger partial charge in [-0.15, -0.1) is 0 Å². The number of H-pyrrole nitrogens is 1. The number of nitrogens with zero attached hydrogens (tertiary/aromatic N) is 1. The zero-order chi connectivity index (χ0) is 11.2. The molecule has 1 aromatic carbocycles. The smallest absolute Gasteiger partial charge is 0.272 e. The zero-order valence-corrected chi connectivity index (χ0v) is 9.39. The van der Waals surface area contributed by atoms with Crippen LogP contribution in [-0.2, 0) is 0 Å². The molecule has 0 saturated carbocycles. The minimum absolute atomic E-state index is 0.0106. The number of rotatable bonds is 0. The molecule has 0 aliphatic heterocycles. The van der Waals surface area contributed by atoms with Crippen LogP contribution >= 0.6 is 27.7 Å². The molecule has 4 nitrogen and oxygen atoms in total. The Labute approximate surface area is 95.5 Å². The Morgan fingerprint density at radius 3 is 2.73 bits per heavy atom. The Bertz CT molecular complexity index is 664. The Hall–Kier alpha value is -1.14. The van der Waals surface area contributed by atoms with Gasteiger partial charge in [0.15, 0.2) is 0 Å². The SMILES string of the molecule is O=c1[nH]c(=O)n(Cl)c2c(F)cc(Br)cc12. The number of nitrogens with one attached hydrogen (secondary N) is 1. The molecule has 0 radical (unpaired) electrons. The minimum Gasteiger partial charge on any atom is -0.272 e. The number of halogens is 3. The first-order valence-corrected chi connectivity index (χ1v) is 4.94. The molecule has 1 aromatic heterocycles. The molecule has 78 valence electrons. The van der Waals surface area contributed by atoms with Crippen LogP contribution in [0.1, 0.15) is 0 Å². The Kier molecular flexibility index (Phi) is 2.40. The fourth-order valence-corrected chi connectivity index (χ4v) is 1.90. The normalized spacial score (nSPS) is 10.9. The van der Waals surface area contributed by atoms with Gasteiger partial charge in [0.1, 0.15) is 11.3 Å². The molecule has 0 amide bonds. The van der Waals surface area contributed by atoms with Crippen LogP contribution in [0.4, 0.5) is 4.39 Å². The van der Waals surface area contributed by atoms with E-state index in [0.29, 0.717) is 8.56 Å². The number of hydrogen-bond donors (Lipinski definition) is 1. The topological polar surface area (TPSA) is 54.9 Å². The van der Waals surface area contributed by atoms with Gasteiger partial charge in [-0.25, -0.2) is 9.18 Å². The van der Waals surface area contributed by atoms with Crippen LogP contribution in [0.5, 0.6) is 0 Å². The molecule has 1 heterocycles. The van der Waals surface area contributed by atoms with Crippen molar-refractivity contribution in [3.05, 3.63) is 43.3 Å². The highest BCUT2D eigenvalue weighted by Gasteiger charge is 2.11. The van der Waals surface area contributed by atoms with Gasteiger partial charge in [-0.3, -0.25) is 9.78 Å². The maximum absolute atomic E-state index is 13.4. The molecule has 15 heavy (non-hydrogen) atoms. The van der Waals surface area contributed by atoms with Crippen LogP contribution in [0.15, 0.2) is 26.2 Å². The van der Waals surface area contributed by atoms with Crippen molar-refractivity contribution < 1.29 is 4.39 Å². The molecular formula is C8H3BrClFN2O2. The third-order valence-electron chi connectivity index (χ3n) is 1.87. The summed E-state index contributed by atoms with van der Waals surface area (Å²) in [5, 5.41) is 0.0106. The minimum atomic E-state index is -0.865. The summed E-state index contributed by atoms with van der Waals surface area (Å²) in [6.07, 6.45) is 0. The molecule has 0 aliphatic carbocycles. The number of aromatic amines is 1. The lowest BCUT2D eigenvalue weighted by atomic mass is 10.2. The molecule has 7 heteroatoms. The van der Waals surface area contributed by atoms with E-state index >= 15 is 0 Å². The van der Waals surface area contributed by atoms with Crippen molar-refractivity contribution in [2.24, 2.45) is 0 Å². The summed E-state index contributed by atoms with van der Waals surface area (Å²) in [6, 6.07) is 2.51. The van der Waals surface area contributed by atoms with E-state index in [1.165, 1.54) is 6.07 Å². The summed E-state index contributed by atoms with van der Waals surface area (Å²) >= 11 is 8.57. The summed E-state index contributed by atoms with van der Waals surface area (Å²) in [4.78, 5) is 24.4. The summed E-state index contributed by atoms with van der Waals surface area (Å²) < 4.78 is 14.4. The van der Waals surface area contributed by atoms with Gasteiger partial charge in [-0.05, 0) is 12.1 Å². The second kappa shape index (κ2) is 3.46. The van der Waals surface area contributed by atoms with E-state index in [9.17, 15) is 14.0 Å². The van der Waals surface area contributed by atoms with Crippen LogP contribution in [-0.4, -0.2) is 9.07 Å². The molecular weight excluding hydrogens is 290 g/mol. The maximum Gasteiger partial charge on any atom is 0.343 e. The highest BCUT2D eigenvalue weighted by Crippen LogP contribution is 2.20. The van der Waals surface area contributed by atoms with Gasteiger partial charge in [0.05, 0.1) is 5.39 Å². The van der Waals surface area contributed by atoms with Gasteiger partial charge in [-0.2, -0.15) is 4.09 Å². The fourth-order valence-electron chi connectivity index (χ4n) is 1.25. The van der Waals surface area contributed by atoms with E-state index in [1.807, 2.05) is 4.98 Å². The van der Waals surface area contributed by atoms with E-state index in [2.05, 4.69) is 15.9 Å². The third-order valence-corrected chi connectivity index (χ3v) is 2.65. The van der Waals surface area contributed by atoms with Gasteiger partial charge in [-0.1, -0.05) is 15.9 Å². The highest BCUT2D eigenvalue weighted by atomic mass is 79.9. The summed E-state index contributed by atoms with van der Waals surface area (Å²) in [5.74, 6) is -0.738. The zero-order valence-electron chi connectivity index (χ0n) is 7.05. The second-order valence-electron chi connectivity index (χ2n) is 2.82. The number of aromatic nitrogens is 2. The van der Waals surface area contributed by atoms with E-state index in [-0.39, 0.29) is 10.9 Å². The first-order valence-electron chi connectivity index (χ1n) is 3.81. The summed E-state index contributed by atoms with van der Waals surface area (Å²) in [7, 11) is 0. The molecule has 0 atom stereocenters. The largest absolute Gasteiger partial charge is 0.343 e. The van der Waals surface area contributed by atoms with Crippen molar-refractivity contribution in [3.8, 4) is 0 Å². The van der Waals surface area contributed by atoms with Gasteiger partial charge >= 0.3 is 5.69 Å². The van der Waals surface area contributed by atoms with E-state index in [0.717, 1.165) is 6.07 Å². The van der Waals surface area contributed by atoms with Gasteiger partial charge < -0.3 is 0 Å². The molecule has 0 unspecified atom stereocenters. The Morgan fingerprint density at radius 2 is 2.07 bits per heavy atom. The van der Waals surface area contributed by atoms with E-state index < -0.39 is 17.1 Å². The molecule has 0 fully saturated rings. The lowest BCUT2D eigenvalue weighted by Gasteiger charge is -2.02. The Morgan fingerprint density at radius 1 is 1.40 bits per heavy atom. The van der Waals surface area contributed by atoms with Crippen LogP contribution in [0, 0.1) is 5.82 Å². The molecule has 0 aliphatic rings. The first-order chi connectivity index (χ1) is 7.00. The van der Waals surface area contributed by atoms with Gasteiger partial charge in [0.25, 0.3) is 5.56 Å². The number of fused-ring (bicyclic) bond motifs is 1. The quantitative estimate of drug-likeness (QED) is 0.802. The van der Waals surface area contributed by atoms with Gasteiger partial charge in [0.2, 0.25) is 0 Å². The molecule has 0 spiro atoms. The van der Waals surface area contributed by atoms with Crippen molar-refractivity contribution in [1.82, 2.24) is 9.07 Å². The van der Waals surface area contributed by atoms with E-state index in [4.69, 9.17) is 11.8 Å². The molecule has 2 aromatic rings. The highest BCUT2D eigenvalue weighted by molar-refractivity contribution is 9.10. The average molecular weight is 293 g/mol. The molecule has 0 bridgehead atoms. The number of benzene rings is 1. The van der Waals surface area contributed by atoms with Crippen molar-refractivity contribution in [1.29, 1.82) is 0 Å². The van der Waals surface area contributed by atoms with E-state index in [1.54, 1.807) is 0 Å². The van der Waals surface area contributed by atoms with Crippen LogP contribution < -0.4 is 11.2 Å². The third kappa shape index (κ3) is 1.59. The second-order valence-corrected chi connectivity index (χ2v) is 4.08. The first kappa shape index (κ1) is 10.4. The monoisotopic (exact) mass is 292 g/mol. The van der Waals surface area contributed by atoms with Crippen molar-refractivity contribution in [3.63, 3.8) is 0 Å². The van der Waals surface area contributed by atoms with Crippen molar-refractivity contribution >= 4 is 38.6 Å². The van der Waals surface area contributed by atoms with Crippen molar-refractivity contribution in [2.75, 3.05) is 0 Å². The number of hydrogen-bond acceptors (Lipinski definition) is 2. The molecule has 1 N–H and O–H groups in total. The molecule has 2 rings (SSSR count). The summed E-state index contributed by atoms with van der Waals surface area (Å²) in [5.41, 5.74) is -1.77. The van der Waals surface area contributed by atoms with Crippen molar-refractivity contribution in [2.45, 2.75) is 0 Å². The standard InChI is InChI=1S/C8H3BrClFN2O2/c9-3-1-4-6(5(11)2-3)13(10)8(15)12-7(4)14/h1-2H,(H,12,14,15). The average Bonchev–Trinajstić information content (AvgIpc) is 2.13. The lowest BCUT2D eigenvalue weighted by molar-refractivity contribution is 0.633. The van der Waals surface area contributed by atoms with Crippen LogP contribution in [0.2, 0.25) is 0 Å². The van der Waals surface area contributed by atoms with Gasteiger partial charge in [0, 0.05) is 16.2 Å². The lowest BCUT2D eigenvalue weighted by Crippen LogP contribution is -2.26. The fraction of sp³-hybridized carbons (Fsp3) is 0. The van der Waals surface area contributed by atoms with Crippen LogP contribution in [0.3, 0.4) is 0 Å². The maximum atomic E-state index is 13.4.